The summed E-state index contributed by atoms with van der Waals surface area (Å²) in [6.45, 7) is 2.12. The molecule has 1 fully saturated rings. The zero-order chi connectivity index (χ0) is 20.8. The Morgan fingerprint density at radius 2 is 1.87 bits per heavy atom. The second-order valence-electron chi connectivity index (χ2n) is 7.55. The summed E-state index contributed by atoms with van der Waals surface area (Å²) in [6, 6.07) is 14.7. The number of nitrogens with zero attached hydrogens (tertiary/aromatic N) is 2. The molecular formula is C23H19N3O4. The summed E-state index contributed by atoms with van der Waals surface area (Å²) in [4.78, 5) is 42.6. The third kappa shape index (κ3) is 2.99. The van der Waals surface area contributed by atoms with Crippen molar-refractivity contribution in [1.82, 2.24) is 15.2 Å². The first kappa shape index (κ1) is 18.3. The average Bonchev–Trinajstić information content (AvgIpc) is 3.29. The standard InChI is InChI=1S/C23H19N3O4/c1-13-24-20(14-5-3-2-4-6-14)21(30-13)15-7-8-17-16(11-15)12-26(23(17)29)18-9-10-19(27)25-22(18)28/h2-8,11,18H,9-10,12H2,1H3,(H,25,27,28). The lowest BCUT2D eigenvalue weighted by atomic mass is 10.0. The molecule has 1 atom stereocenters. The van der Waals surface area contributed by atoms with E-state index in [0.29, 0.717) is 30.2 Å². The predicted molar refractivity (Wildman–Crippen MR) is 108 cm³/mol. The van der Waals surface area contributed by atoms with E-state index in [1.165, 1.54) is 0 Å². The highest BCUT2D eigenvalue weighted by atomic mass is 16.4. The first-order chi connectivity index (χ1) is 14.5. The molecule has 1 unspecified atom stereocenters. The van der Waals surface area contributed by atoms with Crippen LogP contribution in [0.2, 0.25) is 0 Å². The molecule has 0 bridgehead atoms. The molecule has 2 aliphatic rings. The number of rotatable bonds is 3. The summed E-state index contributed by atoms with van der Waals surface area (Å²) in [7, 11) is 0. The molecule has 0 radical (unpaired) electrons. The number of benzene rings is 2. The normalized spacial score (nSPS) is 18.5. The Balaban J connectivity index is 1.49. The molecule has 0 aliphatic carbocycles. The molecule has 2 aromatic carbocycles. The number of hydrogen-bond acceptors (Lipinski definition) is 5. The van der Waals surface area contributed by atoms with Gasteiger partial charge in [-0.05, 0) is 24.1 Å². The maximum Gasteiger partial charge on any atom is 0.255 e. The van der Waals surface area contributed by atoms with Crippen LogP contribution >= 0.6 is 0 Å². The number of imide groups is 1. The quantitative estimate of drug-likeness (QED) is 0.681. The topological polar surface area (TPSA) is 92.5 Å². The molecule has 1 saturated heterocycles. The Morgan fingerprint density at radius 3 is 2.63 bits per heavy atom. The van der Waals surface area contributed by atoms with Crippen LogP contribution in [-0.4, -0.2) is 33.6 Å². The predicted octanol–water partition coefficient (Wildman–Crippen LogP) is 3.08. The van der Waals surface area contributed by atoms with Gasteiger partial charge in [-0.15, -0.1) is 0 Å². The number of piperidine rings is 1. The minimum Gasteiger partial charge on any atom is -0.440 e. The molecule has 1 aromatic heterocycles. The fourth-order valence-electron chi connectivity index (χ4n) is 4.13. The highest BCUT2D eigenvalue weighted by Crippen LogP contribution is 2.36. The van der Waals surface area contributed by atoms with E-state index in [1.807, 2.05) is 42.5 Å². The number of hydrogen-bond donors (Lipinski definition) is 1. The molecule has 150 valence electrons. The molecule has 7 nitrogen and oxygen atoms in total. The molecule has 3 amide bonds. The van der Waals surface area contributed by atoms with Gasteiger partial charge in [0.15, 0.2) is 11.7 Å². The molecule has 0 saturated carbocycles. The molecule has 7 heteroatoms. The van der Waals surface area contributed by atoms with Gasteiger partial charge in [0.05, 0.1) is 0 Å². The van der Waals surface area contributed by atoms with Crippen molar-refractivity contribution >= 4 is 17.7 Å². The number of oxazole rings is 1. The van der Waals surface area contributed by atoms with Gasteiger partial charge in [0.1, 0.15) is 11.7 Å². The summed E-state index contributed by atoms with van der Waals surface area (Å²) in [5.74, 6) is 0.309. The number of fused-ring (bicyclic) bond motifs is 1. The monoisotopic (exact) mass is 401 g/mol. The van der Waals surface area contributed by atoms with E-state index in [-0.39, 0.29) is 18.2 Å². The van der Waals surface area contributed by atoms with Crippen LogP contribution in [0, 0.1) is 6.92 Å². The van der Waals surface area contributed by atoms with Crippen LogP contribution in [0.5, 0.6) is 0 Å². The van der Waals surface area contributed by atoms with Gasteiger partial charge in [0.2, 0.25) is 11.8 Å². The van der Waals surface area contributed by atoms with Gasteiger partial charge >= 0.3 is 0 Å². The number of nitrogens with one attached hydrogen (secondary N) is 1. The van der Waals surface area contributed by atoms with E-state index in [4.69, 9.17) is 4.42 Å². The minimum atomic E-state index is -0.626. The maximum atomic E-state index is 12.9. The van der Waals surface area contributed by atoms with E-state index in [2.05, 4.69) is 10.3 Å². The van der Waals surface area contributed by atoms with E-state index in [1.54, 1.807) is 17.9 Å². The van der Waals surface area contributed by atoms with Crippen LogP contribution in [0.15, 0.2) is 52.9 Å². The van der Waals surface area contributed by atoms with Crippen molar-refractivity contribution < 1.29 is 18.8 Å². The molecule has 0 spiro atoms. The van der Waals surface area contributed by atoms with Gasteiger partial charge in [0, 0.05) is 36.6 Å². The third-order valence-electron chi connectivity index (χ3n) is 5.57. The van der Waals surface area contributed by atoms with Crippen LogP contribution < -0.4 is 5.32 Å². The first-order valence-corrected chi connectivity index (χ1v) is 9.82. The Bertz CT molecular complexity index is 1180. The van der Waals surface area contributed by atoms with E-state index in [0.717, 1.165) is 22.4 Å². The van der Waals surface area contributed by atoms with Gasteiger partial charge < -0.3 is 9.32 Å². The maximum absolute atomic E-state index is 12.9. The minimum absolute atomic E-state index is 0.192. The number of carbonyl (C=O) groups excluding carboxylic acids is 3. The smallest absolute Gasteiger partial charge is 0.255 e. The van der Waals surface area contributed by atoms with Gasteiger partial charge in [-0.1, -0.05) is 36.4 Å². The van der Waals surface area contributed by atoms with Crippen LogP contribution in [-0.2, 0) is 16.1 Å². The fourth-order valence-corrected chi connectivity index (χ4v) is 4.13. The van der Waals surface area contributed by atoms with Crippen molar-refractivity contribution in [1.29, 1.82) is 0 Å². The lowest BCUT2D eigenvalue weighted by molar-refractivity contribution is -0.136. The Morgan fingerprint density at radius 1 is 1.07 bits per heavy atom. The summed E-state index contributed by atoms with van der Waals surface area (Å²) < 4.78 is 5.90. The molecule has 3 heterocycles. The summed E-state index contributed by atoms with van der Waals surface area (Å²) in [5, 5.41) is 2.32. The SMILES string of the molecule is Cc1nc(-c2ccccc2)c(-c2ccc3c(c2)CN(C2CCC(=O)NC2=O)C3=O)o1. The van der Waals surface area contributed by atoms with Gasteiger partial charge in [-0.25, -0.2) is 4.98 Å². The van der Waals surface area contributed by atoms with Crippen molar-refractivity contribution in [3.63, 3.8) is 0 Å². The van der Waals surface area contributed by atoms with E-state index in [9.17, 15) is 14.4 Å². The van der Waals surface area contributed by atoms with Gasteiger partial charge in [0.25, 0.3) is 5.91 Å². The largest absolute Gasteiger partial charge is 0.440 e. The first-order valence-electron chi connectivity index (χ1n) is 9.82. The lowest BCUT2D eigenvalue weighted by Crippen LogP contribution is -2.52. The summed E-state index contributed by atoms with van der Waals surface area (Å²) in [6.07, 6.45) is 0.580. The van der Waals surface area contributed by atoms with Crippen LogP contribution in [0.4, 0.5) is 0 Å². The number of carbonyl (C=O) groups is 3. The highest BCUT2D eigenvalue weighted by Gasteiger charge is 2.39. The molecule has 5 rings (SSSR count). The van der Waals surface area contributed by atoms with Crippen molar-refractivity contribution in [2.24, 2.45) is 0 Å². The van der Waals surface area contributed by atoms with Gasteiger partial charge in [-0.2, -0.15) is 0 Å². The molecule has 30 heavy (non-hydrogen) atoms. The van der Waals surface area contributed by atoms with Crippen molar-refractivity contribution in [2.75, 3.05) is 0 Å². The zero-order valence-electron chi connectivity index (χ0n) is 16.3. The van der Waals surface area contributed by atoms with Crippen molar-refractivity contribution in [3.8, 4) is 22.6 Å². The van der Waals surface area contributed by atoms with Crippen LogP contribution in [0.1, 0.15) is 34.7 Å². The van der Waals surface area contributed by atoms with E-state index < -0.39 is 11.9 Å². The molecule has 3 aromatic rings. The molecular weight excluding hydrogens is 382 g/mol. The Kier molecular flexibility index (Phi) is 4.24. The Hall–Kier alpha value is -3.74. The number of aryl methyl sites for hydroxylation is 1. The molecule has 2 aliphatic heterocycles. The van der Waals surface area contributed by atoms with Crippen LogP contribution in [0.25, 0.3) is 22.6 Å². The lowest BCUT2D eigenvalue weighted by Gasteiger charge is -2.29. The third-order valence-corrected chi connectivity index (χ3v) is 5.57. The summed E-state index contributed by atoms with van der Waals surface area (Å²) >= 11 is 0. The van der Waals surface area contributed by atoms with E-state index >= 15 is 0 Å². The van der Waals surface area contributed by atoms with Crippen molar-refractivity contribution in [2.45, 2.75) is 32.4 Å². The summed E-state index contributed by atoms with van der Waals surface area (Å²) in [5.41, 5.74) is 3.92. The number of aromatic nitrogens is 1. The second-order valence-corrected chi connectivity index (χ2v) is 7.55. The fraction of sp³-hybridized carbons (Fsp3) is 0.217. The Labute approximate surface area is 172 Å². The number of amides is 3. The molecule has 1 N–H and O–H groups in total. The zero-order valence-corrected chi connectivity index (χ0v) is 16.3. The second kappa shape index (κ2) is 6.95. The average molecular weight is 401 g/mol. The highest BCUT2D eigenvalue weighted by molar-refractivity contribution is 6.05. The van der Waals surface area contributed by atoms with Crippen molar-refractivity contribution in [3.05, 3.63) is 65.5 Å². The van der Waals surface area contributed by atoms with Crippen LogP contribution in [0.3, 0.4) is 0 Å². The van der Waals surface area contributed by atoms with Gasteiger partial charge in [-0.3, -0.25) is 19.7 Å².